The molecule has 0 aliphatic heterocycles. The number of Topliss-reactive ketones (excluding diaryl/α,β-unsaturated/α-hetero) is 1. The second-order valence-electron chi connectivity index (χ2n) is 5.47. The number of rotatable bonds is 6. The molecular formula is C11H21NO3. The first-order valence-electron chi connectivity index (χ1n) is 5.21. The van der Waals surface area contributed by atoms with Crippen LogP contribution in [-0.2, 0) is 9.63 Å². The Balaban J connectivity index is 4.17. The molecule has 0 fully saturated rings. The van der Waals surface area contributed by atoms with Gasteiger partial charge in [-0.3, -0.25) is 4.79 Å². The van der Waals surface area contributed by atoms with Crippen molar-refractivity contribution in [1.29, 1.82) is 0 Å². The third kappa shape index (κ3) is 4.91. The molecule has 4 heteroatoms. The van der Waals surface area contributed by atoms with Crippen LogP contribution in [0.5, 0.6) is 0 Å². The first kappa shape index (κ1) is 14.1. The summed E-state index contributed by atoms with van der Waals surface area (Å²) in [6.45, 7) is 9.88. The Bertz CT molecular complexity index is 228. The highest BCUT2D eigenvalue weighted by atomic mass is 16.7. The fraction of sp³-hybridized carbons (Fsp3) is 0.909. The van der Waals surface area contributed by atoms with Crippen LogP contribution >= 0.6 is 0 Å². The van der Waals surface area contributed by atoms with E-state index in [1.807, 2.05) is 34.6 Å². The van der Waals surface area contributed by atoms with Crippen LogP contribution in [-0.4, -0.2) is 12.4 Å². The number of ketones is 1. The van der Waals surface area contributed by atoms with Crippen molar-refractivity contribution in [2.75, 3.05) is 6.61 Å². The monoisotopic (exact) mass is 215 g/mol. The smallest absolute Gasteiger partial charge is 0.155 e. The van der Waals surface area contributed by atoms with Gasteiger partial charge in [-0.15, -0.1) is 4.91 Å². The number of hydrogen-bond donors (Lipinski definition) is 0. The molecule has 0 atom stereocenters. The second kappa shape index (κ2) is 5.24. The molecule has 0 heterocycles. The maximum Gasteiger partial charge on any atom is 0.155 e. The Labute approximate surface area is 91.3 Å². The number of hydrogen-bond acceptors (Lipinski definition) is 4. The fourth-order valence-corrected chi connectivity index (χ4v) is 1.74. The SMILES string of the molecule is CC(C)(C)C(=O)C(C)(C)CCCON=O. The molecule has 0 N–H and O–H groups in total. The minimum Gasteiger partial charge on any atom is -0.364 e. The largest absolute Gasteiger partial charge is 0.364 e. The van der Waals surface area contributed by atoms with Gasteiger partial charge in [-0.05, 0) is 12.8 Å². The molecule has 0 spiro atoms. The number of carbonyl (C=O) groups is 1. The summed E-state index contributed by atoms with van der Waals surface area (Å²) in [5.74, 6) is 0.231. The molecule has 4 nitrogen and oxygen atoms in total. The van der Waals surface area contributed by atoms with Crippen LogP contribution < -0.4 is 0 Å². The molecule has 0 aromatic rings. The van der Waals surface area contributed by atoms with Gasteiger partial charge in [-0.1, -0.05) is 34.6 Å². The van der Waals surface area contributed by atoms with Gasteiger partial charge in [-0.25, -0.2) is 0 Å². The van der Waals surface area contributed by atoms with Gasteiger partial charge in [-0.2, -0.15) is 0 Å². The standard InChI is InChI=1S/C11H21NO3/c1-10(2,3)9(13)11(4,5)7-6-8-15-12-14/h6-8H2,1-5H3. The average Bonchev–Trinajstić information content (AvgIpc) is 2.10. The van der Waals surface area contributed by atoms with Gasteiger partial charge < -0.3 is 4.84 Å². The van der Waals surface area contributed by atoms with Gasteiger partial charge in [0.05, 0.1) is 0 Å². The van der Waals surface area contributed by atoms with Crippen molar-refractivity contribution in [3.63, 3.8) is 0 Å². The molecule has 15 heavy (non-hydrogen) atoms. The predicted octanol–water partition coefficient (Wildman–Crippen LogP) is 3.11. The summed E-state index contributed by atoms with van der Waals surface area (Å²) in [4.78, 5) is 26.1. The highest BCUT2D eigenvalue weighted by Gasteiger charge is 2.35. The van der Waals surface area contributed by atoms with E-state index in [4.69, 9.17) is 0 Å². The molecule has 0 amide bonds. The van der Waals surface area contributed by atoms with Crippen LogP contribution in [0.15, 0.2) is 5.34 Å². The summed E-state index contributed by atoms with van der Waals surface area (Å²) >= 11 is 0. The van der Waals surface area contributed by atoms with E-state index >= 15 is 0 Å². The van der Waals surface area contributed by atoms with E-state index in [1.165, 1.54) is 0 Å². The average molecular weight is 215 g/mol. The van der Waals surface area contributed by atoms with Gasteiger partial charge >= 0.3 is 0 Å². The summed E-state index contributed by atoms with van der Waals surface area (Å²) in [6, 6.07) is 0. The highest BCUT2D eigenvalue weighted by molar-refractivity contribution is 5.88. The third-order valence-electron chi connectivity index (χ3n) is 2.39. The van der Waals surface area contributed by atoms with Crippen LogP contribution in [0.3, 0.4) is 0 Å². The fourth-order valence-electron chi connectivity index (χ4n) is 1.74. The zero-order valence-electron chi connectivity index (χ0n) is 10.3. The van der Waals surface area contributed by atoms with Gasteiger partial charge in [0, 0.05) is 10.8 Å². The molecule has 0 unspecified atom stereocenters. The Morgan fingerprint density at radius 2 is 1.73 bits per heavy atom. The highest BCUT2D eigenvalue weighted by Crippen LogP contribution is 2.32. The van der Waals surface area contributed by atoms with Crippen molar-refractivity contribution in [3.8, 4) is 0 Å². The molecule has 0 saturated carbocycles. The lowest BCUT2D eigenvalue weighted by atomic mass is 9.72. The Hall–Kier alpha value is -0.930. The van der Waals surface area contributed by atoms with Crippen molar-refractivity contribution in [2.24, 2.45) is 16.2 Å². The lowest BCUT2D eigenvalue weighted by Crippen LogP contribution is -2.35. The van der Waals surface area contributed by atoms with Crippen LogP contribution in [0, 0.1) is 15.7 Å². The zero-order chi connectivity index (χ0) is 12.1. The molecule has 0 aromatic carbocycles. The van der Waals surface area contributed by atoms with Crippen molar-refractivity contribution >= 4 is 5.78 Å². The van der Waals surface area contributed by atoms with Crippen molar-refractivity contribution in [3.05, 3.63) is 4.91 Å². The van der Waals surface area contributed by atoms with E-state index < -0.39 is 0 Å². The van der Waals surface area contributed by atoms with Crippen molar-refractivity contribution in [1.82, 2.24) is 0 Å². The van der Waals surface area contributed by atoms with Crippen molar-refractivity contribution in [2.45, 2.75) is 47.5 Å². The number of nitrogens with zero attached hydrogens (tertiary/aromatic N) is 1. The Kier molecular flexibility index (Phi) is 4.91. The summed E-state index contributed by atoms with van der Waals surface area (Å²) in [7, 11) is 0. The lowest BCUT2D eigenvalue weighted by molar-refractivity contribution is -0.135. The lowest BCUT2D eigenvalue weighted by Gasteiger charge is -2.30. The topological polar surface area (TPSA) is 55.7 Å². The molecular weight excluding hydrogens is 194 g/mol. The van der Waals surface area contributed by atoms with E-state index in [0.717, 1.165) is 0 Å². The first-order chi connectivity index (χ1) is 6.72. The minimum absolute atomic E-state index is 0.231. The van der Waals surface area contributed by atoms with E-state index in [1.54, 1.807) is 0 Å². The first-order valence-corrected chi connectivity index (χ1v) is 5.21. The molecule has 0 radical (unpaired) electrons. The minimum atomic E-state index is -0.371. The maximum atomic E-state index is 12.0. The van der Waals surface area contributed by atoms with Crippen LogP contribution in [0.4, 0.5) is 0 Å². The molecule has 0 bridgehead atoms. The van der Waals surface area contributed by atoms with Gasteiger partial charge in [0.15, 0.2) is 5.34 Å². The van der Waals surface area contributed by atoms with Gasteiger partial charge in [0.2, 0.25) is 0 Å². The van der Waals surface area contributed by atoms with Crippen molar-refractivity contribution < 1.29 is 9.63 Å². The summed E-state index contributed by atoms with van der Waals surface area (Å²) < 4.78 is 0. The maximum absolute atomic E-state index is 12.0. The summed E-state index contributed by atoms with van der Waals surface area (Å²) in [6.07, 6.45) is 1.37. The summed E-state index contributed by atoms with van der Waals surface area (Å²) in [5, 5.41) is 2.31. The van der Waals surface area contributed by atoms with E-state index in [2.05, 4.69) is 10.2 Å². The van der Waals surface area contributed by atoms with E-state index in [-0.39, 0.29) is 23.2 Å². The number of carbonyl (C=O) groups excluding carboxylic acids is 1. The van der Waals surface area contributed by atoms with E-state index in [9.17, 15) is 9.70 Å². The predicted molar refractivity (Wildman–Crippen MR) is 59.2 cm³/mol. The van der Waals surface area contributed by atoms with Gasteiger partial charge in [0.1, 0.15) is 12.4 Å². The molecule has 0 aliphatic carbocycles. The molecule has 0 aromatic heterocycles. The quantitative estimate of drug-likeness (QED) is 0.388. The Morgan fingerprint density at radius 1 is 1.20 bits per heavy atom. The third-order valence-corrected chi connectivity index (χ3v) is 2.39. The summed E-state index contributed by atoms with van der Waals surface area (Å²) in [5.41, 5.74) is -0.697. The Morgan fingerprint density at radius 3 is 2.13 bits per heavy atom. The molecule has 88 valence electrons. The van der Waals surface area contributed by atoms with Gasteiger partial charge in [0.25, 0.3) is 0 Å². The molecule has 0 saturated heterocycles. The molecule has 0 rings (SSSR count). The zero-order valence-corrected chi connectivity index (χ0v) is 10.3. The second-order valence-corrected chi connectivity index (χ2v) is 5.47. The van der Waals surface area contributed by atoms with Crippen LogP contribution in [0.1, 0.15) is 47.5 Å². The van der Waals surface area contributed by atoms with E-state index in [0.29, 0.717) is 12.8 Å². The van der Waals surface area contributed by atoms with Crippen LogP contribution in [0.25, 0.3) is 0 Å². The van der Waals surface area contributed by atoms with Crippen LogP contribution in [0.2, 0.25) is 0 Å². The normalized spacial score (nSPS) is 12.3. The molecule has 0 aliphatic rings.